The standard InChI is InChI=1S/C27H23F6N7O2/c1-14(41)40-13-17(6-7-19(40)27(31,32)33)24-38-21(22-23(34)36-10-11-39(22)24)15-2-4-16(5-3-15)25(42)37-20-12-18(8-9-35-20)26(28,29)30/h2-5,8-12,17,19H,6-7,13H2,1H3,(H2,34,36)(H,35,37,42)/t17-,19+/m0/s1. The van der Waals surface area contributed by atoms with E-state index < -0.39 is 41.7 Å². The molecule has 1 aliphatic rings. The fraction of sp³-hybridized carbons (Fsp3) is 0.296. The quantitative estimate of drug-likeness (QED) is 0.311. The smallest absolute Gasteiger partial charge is 0.382 e. The van der Waals surface area contributed by atoms with Gasteiger partial charge in [0.25, 0.3) is 5.91 Å². The molecule has 0 unspecified atom stereocenters. The van der Waals surface area contributed by atoms with Gasteiger partial charge < -0.3 is 16.0 Å². The second kappa shape index (κ2) is 10.6. The van der Waals surface area contributed by atoms with E-state index in [0.717, 1.165) is 30.2 Å². The Bertz CT molecular complexity index is 1650. The van der Waals surface area contributed by atoms with Crippen LogP contribution in [0.5, 0.6) is 0 Å². The fourth-order valence-corrected chi connectivity index (χ4v) is 5.09. The second-order valence-corrected chi connectivity index (χ2v) is 9.81. The minimum Gasteiger partial charge on any atom is -0.382 e. The molecule has 4 heterocycles. The van der Waals surface area contributed by atoms with Gasteiger partial charge in [-0.3, -0.25) is 14.0 Å². The Kier molecular flexibility index (Phi) is 7.28. The van der Waals surface area contributed by atoms with E-state index in [9.17, 15) is 35.9 Å². The molecule has 220 valence electrons. The number of nitrogens with zero attached hydrogens (tertiary/aromatic N) is 5. The molecular formula is C27H23F6N7O2. The summed E-state index contributed by atoms with van der Waals surface area (Å²) < 4.78 is 81.3. The number of nitrogen functional groups attached to an aromatic ring is 1. The summed E-state index contributed by atoms with van der Waals surface area (Å²) in [5, 5.41) is 2.33. The number of piperidine rings is 1. The van der Waals surface area contributed by atoms with Gasteiger partial charge in [-0.15, -0.1) is 0 Å². The molecule has 2 atom stereocenters. The van der Waals surface area contributed by atoms with Crippen LogP contribution in [0, 0.1) is 0 Å². The molecule has 0 radical (unpaired) electrons. The van der Waals surface area contributed by atoms with Crippen molar-refractivity contribution in [3.05, 3.63) is 71.9 Å². The minimum absolute atomic E-state index is 0.107. The summed E-state index contributed by atoms with van der Waals surface area (Å²) in [7, 11) is 0. The topological polar surface area (TPSA) is 119 Å². The van der Waals surface area contributed by atoms with Gasteiger partial charge in [0.1, 0.15) is 34.7 Å². The lowest BCUT2D eigenvalue weighted by Crippen LogP contribution is -2.52. The summed E-state index contributed by atoms with van der Waals surface area (Å²) in [5.41, 5.74) is 6.57. The van der Waals surface area contributed by atoms with Gasteiger partial charge in [-0.1, -0.05) is 12.1 Å². The molecule has 1 aliphatic heterocycles. The molecule has 4 aromatic rings. The number of hydrogen-bond donors (Lipinski definition) is 2. The zero-order valence-corrected chi connectivity index (χ0v) is 21.9. The molecule has 1 fully saturated rings. The first-order valence-electron chi connectivity index (χ1n) is 12.7. The van der Waals surface area contributed by atoms with Crippen LogP contribution >= 0.6 is 0 Å². The summed E-state index contributed by atoms with van der Waals surface area (Å²) in [6.07, 6.45) is -5.38. The monoisotopic (exact) mass is 591 g/mol. The highest BCUT2D eigenvalue weighted by molar-refractivity contribution is 6.04. The van der Waals surface area contributed by atoms with E-state index in [1.54, 1.807) is 22.7 Å². The molecule has 2 amide bonds. The van der Waals surface area contributed by atoms with Crippen molar-refractivity contribution < 1.29 is 35.9 Å². The third-order valence-electron chi connectivity index (χ3n) is 7.09. The number of pyridine rings is 1. The number of anilines is 2. The van der Waals surface area contributed by atoms with Crippen molar-refractivity contribution in [2.75, 3.05) is 17.6 Å². The number of benzene rings is 1. The van der Waals surface area contributed by atoms with Crippen molar-refractivity contribution >= 4 is 29.0 Å². The summed E-state index contributed by atoms with van der Waals surface area (Å²) in [4.78, 5) is 38.2. The number of carbonyl (C=O) groups is 2. The first kappa shape index (κ1) is 28.8. The second-order valence-electron chi connectivity index (χ2n) is 9.81. The Morgan fingerprint density at radius 2 is 1.71 bits per heavy atom. The Morgan fingerprint density at radius 1 is 1.00 bits per heavy atom. The lowest BCUT2D eigenvalue weighted by Gasteiger charge is -2.39. The van der Waals surface area contributed by atoms with Crippen molar-refractivity contribution in [2.24, 2.45) is 0 Å². The highest BCUT2D eigenvalue weighted by Gasteiger charge is 2.48. The van der Waals surface area contributed by atoms with Crippen LogP contribution in [0.3, 0.4) is 0 Å². The lowest BCUT2D eigenvalue weighted by molar-refractivity contribution is -0.196. The Morgan fingerprint density at radius 3 is 2.36 bits per heavy atom. The van der Waals surface area contributed by atoms with Gasteiger partial charge >= 0.3 is 12.4 Å². The molecule has 42 heavy (non-hydrogen) atoms. The number of halogens is 6. The minimum atomic E-state index is -4.60. The molecule has 3 aromatic heterocycles. The van der Waals surface area contributed by atoms with Crippen LogP contribution < -0.4 is 11.1 Å². The molecule has 3 N–H and O–H groups in total. The number of fused-ring (bicyclic) bond motifs is 1. The number of amides is 2. The zero-order valence-electron chi connectivity index (χ0n) is 21.9. The van der Waals surface area contributed by atoms with Gasteiger partial charge in [-0.05, 0) is 37.1 Å². The fourth-order valence-electron chi connectivity index (χ4n) is 5.09. The van der Waals surface area contributed by atoms with Crippen LogP contribution in [-0.2, 0) is 11.0 Å². The van der Waals surface area contributed by atoms with Crippen LogP contribution in [0.1, 0.15) is 47.4 Å². The molecule has 9 nitrogen and oxygen atoms in total. The molecular weight excluding hydrogens is 568 g/mol. The largest absolute Gasteiger partial charge is 0.416 e. The highest BCUT2D eigenvalue weighted by atomic mass is 19.4. The third kappa shape index (κ3) is 5.58. The number of carbonyl (C=O) groups excluding carboxylic acids is 2. The van der Waals surface area contributed by atoms with E-state index in [2.05, 4.69) is 15.3 Å². The van der Waals surface area contributed by atoms with Gasteiger partial charge in [0.15, 0.2) is 0 Å². The van der Waals surface area contributed by atoms with Crippen molar-refractivity contribution in [1.82, 2.24) is 24.3 Å². The maximum absolute atomic E-state index is 13.6. The van der Waals surface area contributed by atoms with Crippen molar-refractivity contribution in [3.8, 4) is 11.3 Å². The predicted molar refractivity (Wildman–Crippen MR) is 139 cm³/mol. The van der Waals surface area contributed by atoms with E-state index in [1.807, 2.05) is 0 Å². The highest BCUT2D eigenvalue weighted by Crippen LogP contribution is 2.39. The molecule has 15 heteroatoms. The van der Waals surface area contributed by atoms with Crippen molar-refractivity contribution in [1.29, 1.82) is 0 Å². The number of nitrogens with two attached hydrogens (primary N) is 1. The van der Waals surface area contributed by atoms with Crippen LogP contribution in [0.2, 0.25) is 0 Å². The van der Waals surface area contributed by atoms with Crippen molar-refractivity contribution in [3.63, 3.8) is 0 Å². The molecule has 1 saturated heterocycles. The van der Waals surface area contributed by atoms with E-state index >= 15 is 0 Å². The molecule has 1 aromatic carbocycles. The average molecular weight is 592 g/mol. The SMILES string of the molecule is CC(=O)N1C[C@@H](c2nc(-c3ccc(C(=O)Nc4cc(C(F)(F)F)ccn4)cc3)c3c(N)nccn23)CC[C@@H]1C(F)(F)F. The normalized spacial score (nSPS) is 17.8. The number of aromatic nitrogens is 4. The summed E-state index contributed by atoms with van der Waals surface area (Å²) in [6, 6.07) is 5.59. The van der Waals surface area contributed by atoms with Gasteiger partial charge in [-0.25, -0.2) is 15.0 Å². The van der Waals surface area contributed by atoms with E-state index in [4.69, 9.17) is 10.7 Å². The third-order valence-corrected chi connectivity index (χ3v) is 7.09. The number of alkyl halides is 6. The molecule has 0 spiro atoms. The lowest BCUT2D eigenvalue weighted by atomic mass is 9.91. The summed E-state index contributed by atoms with van der Waals surface area (Å²) in [6.45, 7) is 0.905. The van der Waals surface area contributed by atoms with Gasteiger partial charge in [-0.2, -0.15) is 26.3 Å². The number of imidazole rings is 1. The van der Waals surface area contributed by atoms with Crippen LogP contribution in [0.25, 0.3) is 16.8 Å². The first-order chi connectivity index (χ1) is 19.7. The molecule has 5 rings (SSSR count). The number of hydrogen-bond acceptors (Lipinski definition) is 6. The Hall–Kier alpha value is -4.69. The Labute approximate surface area is 234 Å². The Balaban J connectivity index is 1.44. The predicted octanol–water partition coefficient (Wildman–Crippen LogP) is 5.30. The van der Waals surface area contributed by atoms with Crippen molar-refractivity contribution in [2.45, 2.75) is 44.1 Å². The van der Waals surface area contributed by atoms with Crippen LogP contribution in [0.4, 0.5) is 38.0 Å². The molecule has 0 aliphatic carbocycles. The number of nitrogens with one attached hydrogen (secondary N) is 1. The maximum Gasteiger partial charge on any atom is 0.416 e. The number of likely N-dealkylation sites (tertiary alicyclic amines) is 1. The summed E-state index contributed by atoms with van der Waals surface area (Å²) >= 11 is 0. The average Bonchev–Trinajstić information content (AvgIpc) is 3.33. The van der Waals surface area contributed by atoms with E-state index in [1.165, 1.54) is 18.3 Å². The maximum atomic E-state index is 13.6. The van der Waals surface area contributed by atoms with Crippen LogP contribution in [-0.4, -0.2) is 54.8 Å². The summed E-state index contributed by atoms with van der Waals surface area (Å²) in [5.74, 6) is -1.69. The van der Waals surface area contributed by atoms with E-state index in [0.29, 0.717) is 22.6 Å². The molecule has 0 bridgehead atoms. The van der Waals surface area contributed by atoms with Gasteiger partial charge in [0.05, 0.1) is 5.56 Å². The van der Waals surface area contributed by atoms with Crippen LogP contribution in [0.15, 0.2) is 55.0 Å². The first-order valence-corrected chi connectivity index (χ1v) is 12.7. The van der Waals surface area contributed by atoms with E-state index in [-0.39, 0.29) is 36.6 Å². The van der Waals surface area contributed by atoms with Gasteiger partial charge in [0.2, 0.25) is 5.91 Å². The van der Waals surface area contributed by atoms with Gasteiger partial charge in [0, 0.05) is 49.1 Å². The zero-order chi connectivity index (χ0) is 30.4. The molecule has 0 saturated carbocycles. The number of rotatable bonds is 4.